The zero-order valence-corrected chi connectivity index (χ0v) is 16.7. The maximum absolute atomic E-state index is 12.6. The van der Waals surface area contributed by atoms with Crippen LogP contribution in [0, 0.1) is 22.0 Å². The van der Waals surface area contributed by atoms with Gasteiger partial charge in [0.1, 0.15) is 0 Å². The number of nitro groups is 1. The van der Waals surface area contributed by atoms with Crippen LogP contribution in [0.4, 0.5) is 5.69 Å². The van der Waals surface area contributed by atoms with Crippen LogP contribution >= 0.6 is 11.8 Å². The van der Waals surface area contributed by atoms with Gasteiger partial charge in [0.15, 0.2) is 0 Å². The SMILES string of the molecule is CCOC(=O)CSc1ccc(C(=O)N[C@@H]2CCC[C@H](C)[C@@H]2C)cc1[N+](=O)[O-]. The van der Waals surface area contributed by atoms with Gasteiger partial charge in [-0.2, -0.15) is 0 Å². The maximum Gasteiger partial charge on any atom is 0.316 e. The molecule has 0 spiro atoms. The van der Waals surface area contributed by atoms with Crippen molar-refractivity contribution < 1.29 is 19.2 Å². The molecule has 1 fully saturated rings. The Balaban J connectivity index is 2.11. The average Bonchev–Trinajstić information content (AvgIpc) is 2.63. The van der Waals surface area contributed by atoms with Gasteiger partial charge >= 0.3 is 5.97 Å². The van der Waals surface area contributed by atoms with E-state index in [2.05, 4.69) is 19.2 Å². The van der Waals surface area contributed by atoms with Gasteiger partial charge in [-0.15, -0.1) is 11.8 Å². The predicted molar refractivity (Wildman–Crippen MR) is 104 cm³/mol. The third kappa shape index (κ3) is 5.69. The molecular weight excluding hydrogens is 368 g/mol. The summed E-state index contributed by atoms with van der Waals surface area (Å²) >= 11 is 1.03. The van der Waals surface area contributed by atoms with Crippen LogP contribution in [-0.4, -0.2) is 35.2 Å². The van der Waals surface area contributed by atoms with E-state index in [1.165, 1.54) is 12.1 Å². The molecule has 1 aliphatic rings. The van der Waals surface area contributed by atoms with Crippen LogP contribution in [0.15, 0.2) is 23.1 Å². The molecule has 0 aliphatic heterocycles. The van der Waals surface area contributed by atoms with Crippen LogP contribution in [0.25, 0.3) is 0 Å². The number of rotatable bonds is 7. The van der Waals surface area contributed by atoms with Gasteiger partial charge in [0.05, 0.1) is 22.2 Å². The number of esters is 1. The molecule has 1 aliphatic carbocycles. The van der Waals surface area contributed by atoms with E-state index in [9.17, 15) is 19.7 Å². The first-order valence-electron chi connectivity index (χ1n) is 9.21. The summed E-state index contributed by atoms with van der Waals surface area (Å²) in [4.78, 5) is 35.3. The van der Waals surface area contributed by atoms with E-state index < -0.39 is 10.9 Å². The quantitative estimate of drug-likeness (QED) is 0.327. The summed E-state index contributed by atoms with van der Waals surface area (Å²) in [5, 5.41) is 14.4. The first kappa shape index (κ1) is 21.2. The lowest BCUT2D eigenvalue weighted by Crippen LogP contribution is -2.43. The molecule has 1 saturated carbocycles. The second-order valence-corrected chi connectivity index (χ2v) is 7.90. The number of nitro benzene ring substituents is 1. The largest absolute Gasteiger partial charge is 0.465 e. The van der Waals surface area contributed by atoms with E-state index >= 15 is 0 Å². The molecule has 0 radical (unpaired) electrons. The summed E-state index contributed by atoms with van der Waals surface area (Å²) in [6.45, 7) is 6.28. The van der Waals surface area contributed by atoms with E-state index in [1.54, 1.807) is 13.0 Å². The third-order valence-corrected chi connectivity index (χ3v) is 6.13. The summed E-state index contributed by atoms with van der Waals surface area (Å²) in [5.74, 6) is 0.166. The lowest BCUT2D eigenvalue weighted by molar-refractivity contribution is -0.387. The van der Waals surface area contributed by atoms with Gasteiger partial charge < -0.3 is 10.1 Å². The number of carbonyl (C=O) groups excluding carboxylic acids is 2. The molecule has 3 atom stereocenters. The van der Waals surface area contributed by atoms with Crippen LogP contribution in [0.2, 0.25) is 0 Å². The Morgan fingerprint density at radius 2 is 2.07 bits per heavy atom. The summed E-state index contributed by atoms with van der Waals surface area (Å²) in [7, 11) is 0. The lowest BCUT2D eigenvalue weighted by Gasteiger charge is -2.34. The molecule has 0 saturated heterocycles. The van der Waals surface area contributed by atoms with Gasteiger partial charge in [-0.1, -0.05) is 26.7 Å². The van der Waals surface area contributed by atoms with Gasteiger partial charge in [0.2, 0.25) is 0 Å². The molecule has 1 aromatic carbocycles. The molecule has 27 heavy (non-hydrogen) atoms. The van der Waals surface area contributed by atoms with Crippen molar-refractivity contribution in [3.63, 3.8) is 0 Å². The monoisotopic (exact) mass is 394 g/mol. The maximum atomic E-state index is 12.6. The number of thioether (sulfide) groups is 1. The molecule has 1 amide bonds. The van der Waals surface area contributed by atoms with E-state index in [1.807, 2.05) is 0 Å². The first-order valence-corrected chi connectivity index (χ1v) is 10.2. The van der Waals surface area contributed by atoms with Crippen molar-refractivity contribution in [1.82, 2.24) is 5.32 Å². The van der Waals surface area contributed by atoms with Crippen molar-refractivity contribution >= 4 is 29.3 Å². The van der Waals surface area contributed by atoms with Gasteiger partial charge in [-0.05, 0) is 37.3 Å². The van der Waals surface area contributed by atoms with E-state index in [0.29, 0.717) is 16.7 Å². The van der Waals surface area contributed by atoms with Crippen LogP contribution < -0.4 is 5.32 Å². The van der Waals surface area contributed by atoms with Crippen molar-refractivity contribution in [2.45, 2.75) is 51.0 Å². The average molecular weight is 394 g/mol. The minimum absolute atomic E-state index is 0.0162. The van der Waals surface area contributed by atoms with E-state index in [4.69, 9.17) is 4.74 Å². The van der Waals surface area contributed by atoms with Gasteiger partial charge in [-0.3, -0.25) is 19.7 Å². The van der Waals surface area contributed by atoms with E-state index in [0.717, 1.165) is 31.0 Å². The summed E-state index contributed by atoms with van der Waals surface area (Å²) in [6, 6.07) is 4.44. The molecule has 1 N–H and O–H groups in total. The van der Waals surface area contributed by atoms with Crippen molar-refractivity contribution in [3.05, 3.63) is 33.9 Å². The standard InChI is InChI=1S/C19H26N2O5S/c1-4-26-18(22)11-27-17-9-8-14(10-16(17)21(24)25)19(23)20-15-7-5-6-12(2)13(15)3/h8-10,12-13,15H,4-7,11H2,1-3H3,(H,20,23)/t12-,13-,15+/m0/s1. The zero-order chi connectivity index (χ0) is 20.0. The highest BCUT2D eigenvalue weighted by molar-refractivity contribution is 8.00. The molecule has 1 aromatic rings. The molecule has 2 rings (SSSR count). The second kappa shape index (κ2) is 9.73. The highest BCUT2D eigenvalue weighted by atomic mass is 32.2. The summed E-state index contributed by atoms with van der Waals surface area (Å²) in [6.07, 6.45) is 3.15. The molecule has 148 valence electrons. The molecule has 0 heterocycles. The van der Waals surface area contributed by atoms with Crippen LogP contribution in [0.5, 0.6) is 0 Å². The van der Waals surface area contributed by atoms with Crippen molar-refractivity contribution in [3.8, 4) is 0 Å². The first-order chi connectivity index (χ1) is 12.8. The number of carbonyl (C=O) groups is 2. The lowest BCUT2D eigenvalue weighted by atomic mass is 9.78. The Bertz CT molecular complexity index is 709. The van der Waals surface area contributed by atoms with Crippen molar-refractivity contribution in [1.29, 1.82) is 0 Å². The summed E-state index contributed by atoms with van der Waals surface area (Å²) in [5.41, 5.74) is 0.0784. The predicted octanol–water partition coefficient (Wildman–Crippen LogP) is 3.80. The Hall–Kier alpha value is -2.09. The number of amides is 1. The zero-order valence-electron chi connectivity index (χ0n) is 15.9. The number of benzene rings is 1. The Morgan fingerprint density at radius 1 is 1.33 bits per heavy atom. The third-order valence-electron chi connectivity index (χ3n) is 5.09. The Morgan fingerprint density at radius 3 is 2.74 bits per heavy atom. The van der Waals surface area contributed by atoms with Crippen LogP contribution in [0.1, 0.15) is 50.4 Å². The van der Waals surface area contributed by atoms with Gasteiger partial charge in [0, 0.05) is 17.7 Å². The topological polar surface area (TPSA) is 98.5 Å². The fourth-order valence-corrected chi connectivity index (χ4v) is 4.10. The smallest absolute Gasteiger partial charge is 0.316 e. The Kier molecular flexibility index (Phi) is 7.65. The number of hydrogen-bond donors (Lipinski definition) is 1. The fourth-order valence-electron chi connectivity index (χ4n) is 3.30. The molecule has 0 unspecified atom stereocenters. The number of nitrogens with zero attached hydrogens (tertiary/aromatic N) is 1. The molecule has 0 aromatic heterocycles. The number of nitrogens with one attached hydrogen (secondary N) is 1. The minimum Gasteiger partial charge on any atom is -0.465 e. The van der Waals surface area contributed by atoms with Gasteiger partial charge in [-0.25, -0.2) is 0 Å². The highest BCUT2D eigenvalue weighted by Crippen LogP contribution is 2.32. The molecule has 7 nitrogen and oxygen atoms in total. The summed E-state index contributed by atoms with van der Waals surface area (Å²) < 4.78 is 4.84. The van der Waals surface area contributed by atoms with E-state index in [-0.39, 0.29) is 35.6 Å². The molecule has 8 heteroatoms. The van der Waals surface area contributed by atoms with Crippen LogP contribution in [-0.2, 0) is 9.53 Å². The second-order valence-electron chi connectivity index (χ2n) is 6.88. The Labute approximate surface area is 163 Å². The molecule has 0 bridgehead atoms. The van der Waals surface area contributed by atoms with Crippen LogP contribution in [0.3, 0.4) is 0 Å². The van der Waals surface area contributed by atoms with Gasteiger partial charge in [0.25, 0.3) is 11.6 Å². The normalized spacial score (nSPS) is 22.1. The van der Waals surface area contributed by atoms with Crippen molar-refractivity contribution in [2.75, 3.05) is 12.4 Å². The number of hydrogen-bond acceptors (Lipinski definition) is 6. The molecular formula is C19H26N2O5S. The van der Waals surface area contributed by atoms with Crippen molar-refractivity contribution in [2.24, 2.45) is 11.8 Å². The number of ether oxygens (including phenoxy) is 1. The highest BCUT2D eigenvalue weighted by Gasteiger charge is 2.29. The fraction of sp³-hybridized carbons (Fsp3) is 0.579. The minimum atomic E-state index is -0.532.